The number of carbonyl (C=O) groups excluding carboxylic acids is 9. The van der Waals surface area contributed by atoms with E-state index in [4.69, 9.17) is 33.8 Å². The van der Waals surface area contributed by atoms with E-state index in [2.05, 4.69) is 36.6 Å². The van der Waals surface area contributed by atoms with Crippen LogP contribution in [0.15, 0.2) is 9.98 Å². The van der Waals surface area contributed by atoms with E-state index in [9.17, 15) is 68.1 Å². The number of rotatable bonds is 42. The summed E-state index contributed by atoms with van der Waals surface area (Å²) in [6.07, 6.45) is -2.43. The Morgan fingerprint density at radius 2 is 0.890 bits per heavy atom. The second-order valence-electron chi connectivity index (χ2n) is 17.9. The van der Waals surface area contributed by atoms with E-state index in [1.54, 1.807) is 0 Å². The number of likely N-dealkylation sites (N-methyl/N-ethyl adjacent to an activating group) is 1. The minimum atomic E-state index is -1.53. The first kappa shape index (κ1) is 66.6. The number of amides is 4. The summed E-state index contributed by atoms with van der Waals surface area (Å²) in [5, 5.41) is 51.0. The standard InChI is InChI=1S/C46H80N12O15/c1-5-34(61)31(22-40(68)69)57-41(70)26(3)19-36(63)33(24-60)58-42(71)25(2)18-35(62)29(12-9-17-54-46(50)51)55-43(72)27(10-6-7-15-47)20-37(64)30(13-14-39(66)67)56-44(73)28(11-8-16-53-45(48)49)21-38(65)32(23-59)52-4/h25-33,52,59-60H,5-24,47H2,1-4H3,(H,55,72)(H,56,73)(H,57,70)(H,58,71)(H,66,67)(H,68,69)(H4,48,49,53)(H4,50,51,54)/t25-,26-,27-,28-,29+,30+,31+,32+,33+/m1/s1. The highest BCUT2D eigenvalue weighted by Gasteiger charge is 2.35. The molecule has 0 heterocycles. The fraction of sp³-hybridized carbons (Fsp3) is 0.717. The zero-order chi connectivity index (χ0) is 55.8. The number of carbonyl (C=O) groups is 11. The maximum absolute atomic E-state index is 14.2. The Hall–Kier alpha value is -6.45. The van der Waals surface area contributed by atoms with Gasteiger partial charge in [-0.05, 0) is 58.5 Å². The molecule has 9 atom stereocenters. The van der Waals surface area contributed by atoms with E-state index in [1.807, 2.05) is 0 Å². The monoisotopic (exact) mass is 1040 g/mol. The van der Waals surface area contributed by atoms with Crippen molar-refractivity contribution in [3.63, 3.8) is 0 Å². The number of carboxylic acid groups (broad SMARTS) is 2. The molecule has 0 bridgehead atoms. The molecule has 0 aliphatic heterocycles. The van der Waals surface area contributed by atoms with Crippen molar-refractivity contribution in [2.24, 2.45) is 62.3 Å². The summed E-state index contributed by atoms with van der Waals surface area (Å²) in [5.74, 6) is -14.0. The van der Waals surface area contributed by atoms with Crippen molar-refractivity contribution < 1.29 is 73.2 Å². The summed E-state index contributed by atoms with van der Waals surface area (Å²) in [5.41, 5.74) is 27.5. The van der Waals surface area contributed by atoms with Crippen LogP contribution >= 0.6 is 0 Å². The molecule has 0 radical (unpaired) electrons. The number of guanidine groups is 2. The first-order valence-corrected chi connectivity index (χ1v) is 24.3. The molecule has 414 valence electrons. The van der Waals surface area contributed by atoms with Crippen molar-refractivity contribution >= 4 is 76.4 Å². The third kappa shape index (κ3) is 27.8. The van der Waals surface area contributed by atoms with Crippen molar-refractivity contribution in [2.75, 3.05) is 39.9 Å². The SMILES string of the molecule is CCC(=O)[C@H](CC(=O)O)NC(=O)[C@H](C)CC(=O)[C@H](CO)NC(=O)[C@H](C)CC(=O)[C@H](CCCN=C(N)N)NC(=O)[C@H](CCCCN)CC(=O)[C@H](CCC(=O)O)NC(=O)[C@H](CCCN=C(N)N)CC(=O)[C@H](CO)NC. The van der Waals surface area contributed by atoms with E-state index in [0.29, 0.717) is 12.8 Å². The Labute approximate surface area is 424 Å². The molecule has 0 saturated heterocycles. The van der Waals surface area contributed by atoms with E-state index in [0.717, 1.165) is 0 Å². The van der Waals surface area contributed by atoms with E-state index >= 15 is 0 Å². The van der Waals surface area contributed by atoms with Gasteiger partial charge in [-0.25, -0.2) is 0 Å². The molecule has 0 fully saturated rings. The molecular weight excluding hydrogens is 961 g/mol. The van der Waals surface area contributed by atoms with Crippen LogP contribution in [-0.2, 0) is 52.7 Å². The molecule has 0 aromatic heterocycles. The Morgan fingerprint density at radius 3 is 1.32 bits per heavy atom. The number of aliphatic hydroxyl groups excluding tert-OH is 2. The van der Waals surface area contributed by atoms with Crippen LogP contribution in [0, 0.1) is 23.7 Å². The molecule has 0 saturated carbocycles. The van der Waals surface area contributed by atoms with Crippen LogP contribution in [0.25, 0.3) is 0 Å². The van der Waals surface area contributed by atoms with Gasteiger partial charge in [0, 0.05) is 75.3 Å². The number of aliphatic imine (C=N–C) groups is 2. The number of hydrogen-bond donors (Lipinski definition) is 14. The summed E-state index contributed by atoms with van der Waals surface area (Å²) in [6.45, 7) is 3.07. The van der Waals surface area contributed by atoms with Crippen LogP contribution in [0.5, 0.6) is 0 Å². The largest absolute Gasteiger partial charge is 0.481 e. The van der Waals surface area contributed by atoms with E-state index in [1.165, 1.54) is 27.8 Å². The van der Waals surface area contributed by atoms with Gasteiger partial charge in [-0.1, -0.05) is 27.2 Å². The highest BCUT2D eigenvalue weighted by molar-refractivity contribution is 5.98. The number of unbranched alkanes of at least 4 members (excludes halogenated alkanes) is 1. The number of nitrogens with one attached hydrogen (secondary N) is 5. The molecular formula is C46H80N12O15. The quantitative estimate of drug-likeness (QED) is 0.0160. The molecule has 0 rings (SSSR count). The second-order valence-corrected chi connectivity index (χ2v) is 17.9. The predicted molar refractivity (Wildman–Crippen MR) is 266 cm³/mol. The van der Waals surface area contributed by atoms with Gasteiger partial charge in [-0.15, -0.1) is 0 Å². The van der Waals surface area contributed by atoms with Crippen LogP contribution in [0.4, 0.5) is 0 Å². The van der Waals surface area contributed by atoms with Gasteiger partial charge in [0.1, 0.15) is 6.04 Å². The van der Waals surface area contributed by atoms with Gasteiger partial charge in [0.05, 0.1) is 43.8 Å². The second kappa shape index (κ2) is 36.5. The van der Waals surface area contributed by atoms with Crippen molar-refractivity contribution in [2.45, 2.75) is 147 Å². The molecule has 27 heteroatoms. The van der Waals surface area contributed by atoms with Gasteiger partial charge in [0.25, 0.3) is 0 Å². The van der Waals surface area contributed by atoms with E-state index in [-0.39, 0.29) is 82.9 Å². The summed E-state index contributed by atoms with van der Waals surface area (Å²) in [7, 11) is 1.44. The molecule has 0 unspecified atom stereocenters. The van der Waals surface area contributed by atoms with Crippen LogP contribution in [0.2, 0.25) is 0 Å². The van der Waals surface area contributed by atoms with Gasteiger partial charge in [0.15, 0.2) is 40.8 Å². The average molecular weight is 1040 g/mol. The molecule has 4 amide bonds. The molecule has 0 aromatic carbocycles. The lowest BCUT2D eigenvalue weighted by molar-refractivity contribution is -0.141. The Morgan fingerprint density at radius 1 is 0.479 bits per heavy atom. The smallest absolute Gasteiger partial charge is 0.305 e. The van der Waals surface area contributed by atoms with Gasteiger partial charge in [-0.3, -0.25) is 62.7 Å². The average Bonchev–Trinajstić information content (AvgIpc) is 3.32. The lowest BCUT2D eigenvalue weighted by Gasteiger charge is -2.26. The zero-order valence-electron chi connectivity index (χ0n) is 42.4. The molecule has 0 spiro atoms. The van der Waals surface area contributed by atoms with Crippen molar-refractivity contribution in [3.8, 4) is 0 Å². The normalized spacial score (nSPS) is 14.7. The van der Waals surface area contributed by atoms with Crippen molar-refractivity contribution in [3.05, 3.63) is 0 Å². The molecule has 73 heavy (non-hydrogen) atoms. The molecule has 0 aliphatic carbocycles. The molecule has 0 aliphatic rings. The first-order valence-electron chi connectivity index (χ1n) is 24.3. The van der Waals surface area contributed by atoms with E-state index < -0.39 is 164 Å². The van der Waals surface area contributed by atoms with Crippen LogP contribution in [-0.4, -0.2) is 167 Å². The van der Waals surface area contributed by atoms with Gasteiger partial charge < -0.3 is 75.7 Å². The Balaban J connectivity index is 6.50. The summed E-state index contributed by atoms with van der Waals surface area (Å²) in [4.78, 5) is 151. The fourth-order valence-corrected chi connectivity index (χ4v) is 7.43. The van der Waals surface area contributed by atoms with Crippen molar-refractivity contribution in [1.29, 1.82) is 0 Å². The van der Waals surface area contributed by atoms with Gasteiger partial charge in [0.2, 0.25) is 23.6 Å². The number of aliphatic hydroxyl groups is 2. The molecule has 0 aromatic rings. The lowest BCUT2D eigenvalue weighted by atomic mass is 9.89. The highest BCUT2D eigenvalue weighted by atomic mass is 16.4. The summed E-state index contributed by atoms with van der Waals surface area (Å²) >= 11 is 0. The predicted octanol–water partition coefficient (Wildman–Crippen LogP) is -3.61. The van der Waals surface area contributed by atoms with Gasteiger partial charge >= 0.3 is 11.9 Å². The molecule has 19 N–H and O–H groups in total. The zero-order valence-corrected chi connectivity index (χ0v) is 42.4. The van der Waals surface area contributed by atoms with Crippen LogP contribution < -0.4 is 55.3 Å². The number of hydrogen-bond acceptors (Lipinski definition) is 17. The maximum atomic E-state index is 14.2. The number of nitrogens with two attached hydrogens (primary N) is 5. The number of carboxylic acids is 2. The van der Waals surface area contributed by atoms with Crippen LogP contribution in [0.3, 0.4) is 0 Å². The maximum Gasteiger partial charge on any atom is 0.305 e. The number of aliphatic carboxylic acids is 2. The lowest BCUT2D eigenvalue weighted by Crippen LogP contribution is -2.49. The number of ketones is 5. The number of nitrogens with zero attached hydrogens (tertiary/aromatic N) is 2. The highest BCUT2D eigenvalue weighted by Crippen LogP contribution is 2.21. The summed E-state index contributed by atoms with van der Waals surface area (Å²) < 4.78 is 0. The Kier molecular flexibility index (Phi) is 33.2. The fourth-order valence-electron chi connectivity index (χ4n) is 7.43. The minimum absolute atomic E-state index is 0.0315. The van der Waals surface area contributed by atoms with Crippen LogP contribution in [0.1, 0.15) is 117 Å². The topological polar surface area (TPSA) is 484 Å². The van der Waals surface area contributed by atoms with Crippen molar-refractivity contribution in [1.82, 2.24) is 26.6 Å². The minimum Gasteiger partial charge on any atom is -0.481 e. The van der Waals surface area contributed by atoms with Gasteiger partial charge in [-0.2, -0.15) is 0 Å². The third-order valence-corrected chi connectivity index (χ3v) is 11.8. The molecule has 27 nitrogen and oxygen atoms in total. The first-order chi connectivity index (χ1) is 34.3. The Bertz CT molecular complexity index is 1920. The summed E-state index contributed by atoms with van der Waals surface area (Å²) in [6, 6.07) is -6.59. The number of Topliss-reactive ketones (excluding diaryl/α,β-unsaturated/α-hetero) is 5. The third-order valence-electron chi connectivity index (χ3n) is 11.8.